The third-order valence-electron chi connectivity index (χ3n) is 2.02. The number of carbonyl (C=O) groups is 2. The van der Waals surface area contributed by atoms with Gasteiger partial charge in [-0.05, 0) is 12.1 Å². The monoisotopic (exact) mass is 268 g/mol. The molecule has 17 heavy (non-hydrogen) atoms. The molecule has 88 valence electrons. The number of anilines is 1. The van der Waals surface area contributed by atoms with Gasteiger partial charge in [-0.15, -0.1) is 0 Å². The summed E-state index contributed by atoms with van der Waals surface area (Å²) in [7, 11) is 0. The van der Waals surface area contributed by atoms with E-state index in [4.69, 9.17) is 11.6 Å². The Labute approximate surface area is 107 Å². The molecule has 2 amide bonds. The molecule has 0 bridgehead atoms. The smallest absolute Gasteiger partial charge is 0.251 e. The van der Waals surface area contributed by atoms with Crippen molar-refractivity contribution in [2.24, 2.45) is 0 Å². The second-order valence-electron chi connectivity index (χ2n) is 3.31. The van der Waals surface area contributed by atoms with Crippen LogP contribution in [-0.4, -0.2) is 17.6 Å². The van der Waals surface area contributed by atoms with Crippen LogP contribution in [0, 0.1) is 0 Å². The van der Waals surface area contributed by atoms with E-state index in [2.05, 4.69) is 10.6 Å². The van der Waals surface area contributed by atoms with Gasteiger partial charge in [0.05, 0.1) is 21.5 Å². The van der Waals surface area contributed by atoms with Crippen LogP contribution in [0.1, 0.15) is 0 Å². The highest BCUT2D eigenvalue weighted by atomic mass is 35.5. The van der Waals surface area contributed by atoms with Crippen LogP contribution in [0.4, 0.5) is 5.69 Å². The maximum absolute atomic E-state index is 11.6. The molecule has 0 aromatic heterocycles. The Hall–Kier alpha value is -1.46. The Morgan fingerprint density at radius 2 is 2.24 bits per heavy atom. The lowest BCUT2D eigenvalue weighted by Gasteiger charge is -2.04. The van der Waals surface area contributed by atoms with Crippen LogP contribution in [0.5, 0.6) is 0 Å². The zero-order valence-electron chi connectivity index (χ0n) is 8.70. The van der Waals surface area contributed by atoms with Gasteiger partial charge in [-0.1, -0.05) is 35.5 Å². The van der Waals surface area contributed by atoms with Crippen molar-refractivity contribution in [3.63, 3.8) is 0 Å². The molecule has 0 spiro atoms. The number of carbonyl (C=O) groups excluding carboxylic acids is 2. The molecule has 1 aromatic rings. The summed E-state index contributed by atoms with van der Waals surface area (Å²) < 4.78 is 0. The number of rotatable bonds is 2. The van der Waals surface area contributed by atoms with Crippen LogP contribution in [-0.2, 0) is 9.59 Å². The fourth-order valence-electron chi connectivity index (χ4n) is 1.28. The van der Waals surface area contributed by atoms with E-state index in [-0.39, 0.29) is 11.8 Å². The molecule has 1 aliphatic heterocycles. The van der Waals surface area contributed by atoms with E-state index >= 15 is 0 Å². The van der Waals surface area contributed by atoms with Gasteiger partial charge in [0.25, 0.3) is 5.91 Å². The van der Waals surface area contributed by atoms with Crippen LogP contribution < -0.4 is 10.6 Å². The fraction of sp³-hybridized carbons (Fsp3) is 0.0909. The number of halogens is 1. The van der Waals surface area contributed by atoms with E-state index in [9.17, 15) is 9.59 Å². The van der Waals surface area contributed by atoms with Crippen molar-refractivity contribution in [1.82, 2.24) is 5.32 Å². The molecule has 2 rings (SSSR count). The summed E-state index contributed by atoms with van der Waals surface area (Å²) in [4.78, 5) is 22.5. The molecule has 1 saturated heterocycles. The average molecular weight is 269 g/mol. The summed E-state index contributed by atoms with van der Waals surface area (Å²) in [5, 5.41) is 6.25. The first-order valence-electron chi connectivity index (χ1n) is 4.85. The molecule has 0 aliphatic carbocycles. The summed E-state index contributed by atoms with van der Waals surface area (Å²) >= 11 is 7.20. The minimum atomic E-state index is -0.317. The summed E-state index contributed by atoms with van der Waals surface area (Å²) in [5.74, 6) is -0.0554. The molecule has 6 heteroatoms. The van der Waals surface area contributed by atoms with Gasteiger partial charge in [0.1, 0.15) is 0 Å². The van der Waals surface area contributed by atoms with Crippen molar-refractivity contribution >= 4 is 40.9 Å². The van der Waals surface area contributed by atoms with Crippen LogP contribution in [0.15, 0.2) is 35.4 Å². The summed E-state index contributed by atoms with van der Waals surface area (Å²) in [6.07, 6.45) is 1.35. The van der Waals surface area contributed by atoms with Gasteiger partial charge < -0.3 is 10.6 Å². The second kappa shape index (κ2) is 5.25. The number of benzene rings is 1. The van der Waals surface area contributed by atoms with E-state index in [1.54, 1.807) is 24.3 Å². The summed E-state index contributed by atoms with van der Waals surface area (Å²) in [6, 6.07) is 6.96. The van der Waals surface area contributed by atoms with E-state index < -0.39 is 0 Å². The highest BCUT2D eigenvalue weighted by Crippen LogP contribution is 2.22. The zero-order chi connectivity index (χ0) is 12.3. The molecule has 1 aromatic carbocycles. The number of amides is 2. The largest absolute Gasteiger partial charge is 0.321 e. The van der Waals surface area contributed by atoms with Crippen LogP contribution in [0.25, 0.3) is 0 Å². The minimum Gasteiger partial charge on any atom is -0.321 e. The molecule has 1 aliphatic rings. The molecular formula is C11H9ClN2O2S. The van der Waals surface area contributed by atoms with Gasteiger partial charge in [0, 0.05) is 6.08 Å². The molecule has 1 heterocycles. The van der Waals surface area contributed by atoms with Crippen molar-refractivity contribution < 1.29 is 9.59 Å². The number of thioether (sulfide) groups is 1. The topological polar surface area (TPSA) is 58.2 Å². The molecule has 0 unspecified atom stereocenters. The van der Waals surface area contributed by atoms with Gasteiger partial charge in [-0.25, -0.2) is 0 Å². The Bertz CT molecular complexity index is 502. The molecule has 0 atom stereocenters. The summed E-state index contributed by atoms with van der Waals surface area (Å²) in [5.41, 5.74) is 0.547. The lowest BCUT2D eigenvalue weighted by Crippen LogP contribution is -2.16. The van der Waals surface area contributed by atoms with Crippen molar-refractivity contribution in [2.75, 3.05) is 11.1 Å². The van der Waals surface area contributed by atoms with Crippen LogP contribution in [0.2, 0.25) is 5.02 Å². The quantitative estimate of drug-likeness (QED) is 0.807. The fourth-order valence-corrected chi connectivity index (χ4v) is 2.20. The van der Waals surface area contributed by atoms with Gasteiger partial charge in [0.15, 0.2) is 0 Å². The Kier molecular flexibility index (Phi) is 3.71. The lowest BCUT2D eigenvalue weighted by molar-refractivity contribution is -0.117. The average Bonchev–Trinajstić information content (AvgIpc) is 2.67. The first-order valence-corrected chi connectivity index (χ1v) is 6.21. The Morgan fingerprint density at radius 1 is 1.47 bits per heavy atom. The molecule has 2 N–H and O–H groups in total. The number of hydrogen-bond acceptors (Lipinski definition) is 3. The van der Waals surface area contributed by atoms with Gasteiger partial charge in [-0.2, -0.15) is 0 Å². The molecule has 0 saturated carbocycles. The molecule has 0 radical (unpaired) electrons. The van der Waals surface area contributed by atoms with E-state index in [0.717, 1.165) is 0 Å². The number of para-hydroxylation sites is 1. The Balaban J connectivity index is 2.03. The van der Waals surface area contributed by atoms with Crippen LogP contribution >= 0.6 is 23.4 Å². The highest BCUT2D eigenvalue weighted by Gasteiger charge is 2.16. The molecular weight excluding hydrogens is 260 g/mol. The van der Waals surface area contributed by atoms with E-state index in [1.165, 1.54) is 17.8 Å². The normalized spacial score (nSPS) is 17.0. The highest BCUT2D eigenvalue weighted by molar-refractivity contribution is 8.04. The SMILES string of the molecule is O=C(C=C1NC(=O)CS1)Nc1ccccc1Cl. The van der Waals surface area contributed by atoms with Gasteiger partial charge in [-0.3, -0.25) is 9.59 Å². The number of nitrogens with one attached hydrogen (secondary N) is 2. The standard InChI is InChI=1S/C11H9ClN2O2S/c12-7-3-1-2-4-8(7)13-9(15)5-11-14-10(16)6-17-11/h1-5H,6H2,(H,13,15)(H,14,16). The maximum Gasteiger partial charge on any atom is 0.251 e. The van der Waals surface area contributed by atoms with Gasteiger partial charge >= 0.3 is 0 Å². The minimum absolute atomic E-state index is 0.0909. The first kappa shape index (κ1) is 12.0. The predicted octanol–water partition coefficient (Wildman–Crippen LogP) is 1.98. The van der Waals surface area contributed by atoms with Crippen molar-refractivity contribution in [3.8, 4) is 0 Å². The second-order valence-corrected chi connectivity index (χ2v) is 4.74. The number of hydrogen-bond donors (Lipinski definition) is 2. The van der Waals surface area contributed by atoms with Gasteiger partial charge in [0.2, 0.25) is 5.91 Å². The summed E-state index contributed by atoms with van der Waals surface area (Å²) in [6.45, 7) is 0. The zero-order valence-corrected chi connectivity index (χ0v) is 10.3. The molecule has 1 fully saturated rings. The lowest BCUT2D eigenvalue weighted by atomic mass is 10.3. The predicted molar refractivity (Wildman–Crippen MR) is 68.8 cm³/mol. The third kappa shape index (κ3) is 3.25. The Morgan fingerprint density at radius 3 is 2.88 bits per heavy atom. The first-order chi connectivity index (χ1) is 8.15. The van der Waals surface area contributed by atoms with E-state index in [0.29, 0.717) is 21.5 Å². The third-order valence-corrected chi connectivity index (χ3v) is 3.28. The van der Waals surface area contributed by atoms with Crippen molar-refractivity contribution in [3.05, 3.63) is 40.4 Å². The molecule has 4 nitrogen and oxygen atoms in total. The van der Waals surface area contributed by atoms with Crippen molar-refractivity contribution in [2.45, 2.75) is 0 Å². The van der Waals surface area contributed by atoms with Crippen LogP contribution in [0.3, 0.4) is 0 Å². The maximum atomic E-state index is 11.6. The van der Waals surface area contributed by atoms with E-state index in [1.807, 2.05) is 0 Å². The van der Waals surface area contributed by atoms with Crippen molar-refractivity contribution in [1.29, 1.82) is 0 Å².